The summed E-state index contributed by atoms with van der Waals surface area (Å²) in [5.74, 6) is 1.00. The number of carbonyl (C=O) groups excluding carboxylic acids is 1. The van der Waals surface area contributed by atoms with Gasteiger partial charge < -0.3 is 18.9 Å². The summed E-state index contributed by atoms with van der Waals surface area (Å²) in [6.07, 6.45) is 1.68. The molecule has 0 radical (unpaired) electrons. The van der Waals surface area contributed by atoms with Crippen molar-refractivity contribution >= 4 is 35.0 Å². The third-order valence-corrected chi connectivity index (χ3v) is 7.13. The molecule has 2 heterocycles. The predicted octanol–water partition coefficient (Wildman–Crippen LogP) is 3.87. The van der Waals surface area contributed by atoms with E-state index in [1.807, 2.05) is 31.2 Å². The van der Waals surface area contributed by atoms with Crippen LogP contribution in [0.25, 0.3) is 6.08 Å². The number of thiazole rings is 1. The number of rotatable bonds is 8. The Morgan fingerprint density at radius 2 is 1.81 bits per heavy atom. The number of para-hydroxylation sites is 1. The van der Waals surface area contributed by atoms with Gasteiger partial charge >= 0.3 is 5.97 Å². The molecule has 3 aromatic rings. The van der Waals surface area contributed by atoms with Gasteiger partial charge in [0.05, 0.1) is 48.3 Å². The second-order valence-corrected chi connectivity index (χ2v) is 9.42. The summed E-state index contributed by atoms with van der Waals surface area (Å²) in [6.45, 7) is 5.97. The topological polar surface area (TPSA) is 88.4 Å². The van der Waals surface area contributed by atoms with Crippen LogP contribution in [0.15, 0.2) is 57.5 Å². The maximum absolute atomic E-state index is 13.9. The van der Waals surface area contributed by atoms with E-state index in [9.17, 15) is 9.59 Å². The van der Waals surface area contributed by atoms with Gasteiger partial charge in [-0.25, -0.2) is 9.79 Å². The molecule has 0 amide bonds. The number of halogens is 1. The van der Waals surface area contributed by atoms with Crippen molar-refractivity contribution in [2.24, 2.45) is 4.99 Å². The first-order chi connectivity index (χ1) is 17.8. The number of esters is 1. The van der Waals surface area contributed by atoms with Gasteiger partial charge in [-0.2, -0.15) is 0 Å². The Labute approximate surface area is 223 Å². The van der Waals surface area contributed by atoms with Crippen molar-refractivity contribution in [2.75, 3.05) is 27.4 Å². The van der Waals surface area contributed by atoms with E-state index in [0.29, 0.717) is 55.0 Å². The summed E-state index contributed by atoms with van der Waals surface area (Å²) in [5.41, 5.74) is 1.69. The monoisotopic (exact) mass is 542 g/mol. The number of ether oxygens (including phenoxy) is 4. The van der Waals surface area contributed by atoms with Crippen molar-refractivity contribution in [1.29, 1.82) is 0 Å². The summed E-state index contributed by atoms with van der Waals surface area (Å²) in [7, 11) is 3.05. The Morgan fingerprint density at radius 3 is 2.49 bits per heavy atom. The zero-order valence-corrected chi connectivity index (χ0v) is 22.7. The van der Waals surface area contributed by atoms with Crippen molar-refractivity contribution in [3.8, 4) is 17.2 Å². The minimum Gasteiger partial charge on any atom is -0.494 e. The van der Waals surface area contributed by atoms with Crippen LogP contribution in [0.3, 0.4) is 0 Å². The smallest absolute Gasteiger partial charge is 0.338 e. The first kappa shape index (κ1) is 26.5. The van der Waals surface area contributed by atoms with Gasteiger partial charge in [-0.05, 0) is 44.5 Å². The molecule has 0 saturated heterocycles. The van der Waals surface area contributed by atoms with E-state index >= 15 is 0 Å². The molecule has 1 aromatic heterocycles. The van der Waals surface area contributed by atoms with E-state index in [-0.39, 0.29) is 17.7 Å². The molecule has 37 heavy (non-hydrogen) atoms. The second-order valence-electron chi connectivity index (χ2n) is 8.00. The second kappa shape index (κ2) is 11.2. The summed E-state index contributed by atoms with van der Waals surface area (Å²) < 4.78 is 23.8. The zero-order chi connectivity index (χ0) is 26.7. The minimum atomic E-state index is -0.777. The van der Waals surface area contributed by atoms with Gasteiger partial charge in [0.25, 0.3) is 5.56 Å². The number of nitrogens with zero attached hydrogens (tertiary/aromatic N) is 2. The molecule has 0 N–H and O–H groups in total. The number of methoxy groups -OCH3 is 2. The highest BCUT2D eigenvalue weighted by Crippen LogP contribution is 2.36. The van der Waals surface area contributed by atoms with E-state index in [4.69, 9.17) is 30.5 Å². The molecular formula is C27H27ClN2O6S. The molecule has 0 unspecified atom stereocenters. The molecule has 0 aliphatic carbocycles. The lowest BCUT2D eigenvalue weighted by molar-refractivity contribution is -0.139. The lowest BCUT2D eigenvalue weighted by Crippen LogP contribution is -2.40. The molecular weight excluding hydrogens is 516 g/mol. The maximum Gasteiger partial charge on any atom is 0.338 e. The van der Waals surface area contributed by atoms with Crippen molar-refractivity contribution in [3.05, 3.63) is 83.5 Å². The first-order valence-corrected chi connectivity index (χ1v) is 12.9. The Bertz CT molecular complexity index is 1560. The molecule has 8 nitrogen and oxygen atoms in total. The molecule has 4 rings (SSSR count). The number of carbonyl (C=O) groups is 1. The Hall–Kier alpha value is -3.56. The van der Waals surface area contributed by atoms with Crippen LogP contribution in [-0.2, 0) is 9.53 Å². The molecule has 0 bridgehead atoms. The Balaban J connectivity index is 1.98. The highest BCUT2D eigenvalue weighted by atomic mass is 35.5. The van der Waals surface area contributed by atoms with Crippen molar-refractivity contribution < 1.29 is 23.7 Å². The van der Waals surface area contributed by atoms with Crippen LogP contribution in [0.5, 0.6) is 17.2 Å². The molecule has 1 aliphatic rings. The van der Waals surface area contributed by atoms with Gasteiger partial charge in [0, 0.05) is 11.6 Å². The number of fused-ring (bicyclic) bond motifs is 1. The van der Waals surface area contributed by atoms with Gasteiger partial charge in [0.2, 0.25) is 0 Å². The lowest BCUT2D eigenvalue weighted by atomic mass is 9.95. The highest BCUT2D eigenvalue weighted by Gasteiger charge is 2.35. The fourth-order valence-electron chi connectivity index (χ4n) is 4.20. The number of aromatic nitrogens is 1. The molecule has 0 fully saturated rings. The lowest BCUT2D eigenvalue weighted by Gasteiger charge is -2.26. The van der Waals surface area contributed by atoms with Crippen LogP contribution in [0.2, 0.25) is 5.02 Å². The Kier molecular flexibility index (Phi) is 8.04. The van der Waals surface area contributed by atoms with Gasteiger partial charge in [-0.3, -0.25) is 9.36 Å². The Morgan fingerprint density at radius 1 is 1.11 bits per heavy atom. The average molecular weight is 543 g/mol. The SMILES string of the molecule is CCOC(=O)C1=C(C)N=c2s/c(=C\c3cc(OC)c(OC)cc3Cl)c(=O)n2[C@@H]1c1ccccc1OCC. The number of benzene rings is 2. The third-order valence-electron chi connectivity index (χ3n) is 5.82. The summed E-state index contributed by atoms with van der Waals surface area (Å²) >= 11 is 7.70. The first-order valence-electron chi connectivity index (χ1n) is 11.7. The number of allylic oxidation sites excluding steroid dienone is 1. The van der Waals surface area contributed by atoms with Gasteiger partial charge in [0.15, 0.2) is 16.3 Å². The van der Waals surface area contributed by atoms with Gasteiger partial charge in [-0.15, -0.1) is 0 Å². The average Bonchev–Trinajstić information content (AvgIpc) is 3.19. The van der Waals surface area contributed by atoms with Gasteiger partial charge in [-0.1, -0.05) is 41.1 Å². The normalized spacial score (nSPS) is 15.2. The minimum absolute atomic E-state index is 0.192. The van der Waals surface area contributed by atoms with Crippen molar-refractivity contribution in [3.63, 3.8) is 0 Å². The van der Waals surface area contributed by atoms with Crippen LogP contribution in [0.4, 0.5) is 0 Å². The van der Waals surface area contributed by atoms with E-state index in [2.05, 4.69) is 4.99 Å². The molecule has 10 heteroatoms. The van der Waals surface area contributed by atoms with E-state index in [1.165, 1.54) is 30.1 Å². The molecule has 1 atom stereocenters. The summed E-state index contributed by atoms with van der Waals surface area (Å²) in [6, 6.07) is 9.91. The standard InChI is InChI=1S/C27H27ClN2O6S/c1-6-35-19-11-9-8-10-17(19)24-23(26(32)36-7-2)15(3)29-27-30(24)25(31)22(37-27)13-16-12-20(33-4)21(34-5)14-18(16)28/h8-14,24H,6-7H2,1-5H3/b22-13-/t24-/m1/s1. The summed E-state index contributed by atoms with van der Waals surface area (Å²) in [5, 5.41) is 0.394. The summed E-state index contributed by atoms with van der Waals surface area (Å²) in [4.78, 5) is 32.0. The van der Waals surface area contributed by atoms with Crippen molar-refractivity contribution in [1.82, 2.24) is 4.57 Å². The van der Waals surface area contributed by atoms with Crippen LogP contribution in [0, 0.1) is 0 Å². The fourth-order valence-corrected chi connectivity index (χ4v) is 5.45. The fraction of sp³-hybridized carbons (Fsp3) is 0.296. The van der Waals surface area contributed by atoms with Gasteiger partial charge in [0.1, 0.15) is 11.8 Å². The highest BCUT2D eigenvalue weighted by molar-refractivity contribution is 7.07. The zero-order valence-electron chi connectivity index (χ0n) is 21.2. The van der Waals surface area contributed by atoms with E-state index < -0.39 is 12.0 Å². The predicted molar refractivity (Wildman–Crippen MR) is 143 cm³/mol. The molecule has 0 saturated carbocycles. The number of hydrogen-bond donors (Lipinski definition) is 0. The molecule has 2 aromatic carbocycles. The van der Waals surface area contributed by atoms with Crippen LogP contribution in [0.1, 0.15) is 37.9 Å². The third kappa shape index (κ3) is 5.01. The molecule has 194 valence electrons. The molecule has 1 aliphatic heterocycles. The quantitative estimate of drug-likeness (QED) is 0.402. The van der Waals surface area contributed by atoms with E-state index in [0.717, 1.165) is 0 Å². The largest absolute Gasteiger partial charge is 0.494 e. The maximum atomic E-state index is 13.9. The van der Waals surface area contributed by atoms with Crippen molar-refractivity contribution in [2.45, 2.75) is 26.8 Å². The molecule has 0 spiro atoms. The van der Waals surface area contributed by atoms with Crippen LogP contribution >= 0.6 is 22.9 Å². The van der Waals surface area contributed by atoms with E-state index in [1.54, 1.807) is 32.1 Å². The number of hydrogen-bond acceptors (Lipinski definition) is 8. The van der Waals surface area contributed by atoms with Crippen LogP contribution < -0.4 is 29.1 Å². The van der Waals surface area contributed by atoms with Crippen LogP contribution in [-0.4, -0.2) is 38.0 Å².